The van der Waals surface area contributed by atoms with Gasteiger partial charge in [-0.05, 0) is 12.3 Å². The lowest BCUT2D eigenvalue weighted by atomic mass is 9.83. The van der Waals surface area contributed by atoms with Crippen molar-refractivity contribution >= 4 is 11.6 Å². The van der Waals surface area contributed by atoms with Gasteiger partial charge in [0.2, 0.25) is 5.75 Å². The molecule has 1 heterocycles. The van der Waals surface area contributed by atoms with Crippen molar-refractivity contribution in [2.75, 3.05) is 13.7 Å². The average molecular weight is 243 g/mol. The lowest BCUT2D eigenvalue weighted by Gasteiger charge is -2.24. The molecule has 2 rings (SSSR count). The fraction of sp³-hybridized carbons (Fsp3) is 0.636. The number of rotatable bonds is 5. The Morgan fingerprint density at radius 3 is 2.88 bits per heavy atom. The van der Waals surface area contributed by atoms with Gasteiger partial charge in [0.1, 0.15) is 6.33 Å². The van der Waals surface area contributed by atoms with E-state index in [4.69, 9.17) is 21.1 Å². The van der Waals surface area contributed by atoms with Crippen LogP contribution in [0, 0.1) is 5.92 Å². The molecule has 0 saturated heterocycles. The summed E-state index contributed by atoms with van der Waals surface area (Å²) in [6.45, 7) is 0.661. The molecule has 0 radical (unpaired) electrons. The van der Waals surface area contributed by atoms with Crippen LogP contribution in [0.3, 0.4) is 0 Å². The highest BCUT2D eigenvalue weighted by molar-refractivity contribution is 6.31. The second kappa shape index (κ2) is 5.34. The molecule has 1 saturated carbocycles. The minimum absolute atomic E-state index is 0.288. The van der Waals surface area contributed by atoms with Crippen LogP contribution in [0.5, 0.6) is 11.6 Å². The van der Waals surface area contributed by atoms with Crippen LogP contribution in [-0.2, 0) is 0 Å². The third kappa shape index (κ3) is 2.55. The molecule has 5 heteroatoms. The van der Waals surface area contributed by atoms with Gasteiger partial charge in [-0.2, -0.15) is 4.98 Å². The summed E-state index contributed by atoms with van der Waals surface area (Å²) in [5.41, 5.74) is 0. The van der Waals surface area contributed by atoms with Crippen molar-refractivity contribution in [3.8, 4) is 11.6 Å². The zero-order valence-corrected chi connectivity index (χ0v) is 10.0. The van der Waals surface area contributed by atoms with E-state index in [9.17, 15) is 0 Å². The van der Waals surface area contributed by atoms with Gasteiger partial charge < -0.3 is 9.47 Å². The minimum atomic E-state index is 0.288. The third-order valence-corrected chi connectivity index (χ3v) is 3.19. The molecule has 4 nitrogen and oxygen atoms in total. The molecule has 1 fully saturated rings. The van der Waals surface area contributed by atoms with Crippen LogP contribution in [-0.4, -0.2) is 23.7 Å². The van der Waals surface area contributed by atoms with Gasteiger partial charge in [0, 0.05) is 0 Å². The molecule has 0 bridgehead atoms. The summed E-state index contributed by atoms with van der Waals surface area (Å²) in [6, 6.07) is 0. The Bertz CT molecular complexity index is 356. The molecule has 0 spiro atoms. The van der Waals surface area contributed by atoms with Gasteiger partial charge in [-0.25, -0.2) is 4.98 Å². The van der Waals surface area contributed by atoms with Crippen molar-refractivity contribution in [3.05, 3.63) is 11.5 Å². The molecule has 1 aromatic heterocycles. The lowest BCUT2D eigenvalue weighted by Crippen LogP contribution is -2.15. The SMILES string of the molecule is COc1c(Cl)ncnc1OCCC1CCC1. The van der Waals surface area contributed by atoms with Gasteiger partial charge in [0.05, 0.1) is 13.7 Å². The fourth-order valence-corrected chi connectivity index (χ4v) is 1.92. The molecular weight excluding hydrogens is 228 g/mol. The normalized spacial score (nSPS) is 15.6. The van der Waals surface area contributed by atoms with E-state index in [1.807, 2.05) is 0 Å². The Morgan fingerprint density at radius 1 is 1.44 bits per heavy atom. The van der Waals surface area contributed by atoms with E-state index >= 15 is 0 Å². The van der Waals surface area contributed by atoms with Crippen molar-refractivity contribution in [1.82, 2.24) is 9.97 Å². The quantitative estimate of drug-likeness (QED) is 0.745. The summed E-state index contributed by atoms with van der Waals surface area (Å²) in [5.74, 6) is 1.67. The summed E-state index contributed by atoms with van der Waals surface area (Å²) < 4.78 is 10.6. The number of hydrogen-bond donors (Lipinski definition) is 0. The molecule has 0 aliphatic heterocycles. The molecular formula is C11H15ClN2O2. The first-order valence-corrected chi connectivity index (χ1v) is 5.86. The standard InChI is InChI=1S/C11H15ClN2O2/c1-15-9-10(12)13-7-14-11(9)16-6-5-8-3-2-4-8/h7-8H,2-6H2,1H3. The Balaban J connectivity index is 1.89. The fourth-order valence-electron chi connectivity index (χ4n) is 1.72. The zero-order chi connectivity index (χ0) is 11.4. The summed E-state index contributed by atoms with van der Waals surface area (Å²) >= 11 is 5.85. The number of methoxy groups -OCH3 is 1. The van der Waals surface area contributed by atoms with Crippen molar-refractivity contribution in [2.45, 2.75) is 25.7 Å². The number of aromatic nitrogens is 2. The highest BCUT2D eigenvalue weighted by Gasteiger charge is 2.18. The van der Waals surface area contributed by atoms with Crippen LogP contribution in [0.15, 0.2) is 6.33 Å². The topological polar surface area (TPSA) is 44.2 Å². The average Bonchev–Trinajstić information content (AvgIpc) is 2.22. The molecule has 0 N–H and O–H groups in total. The molecule has 88 valence electrons. The second-order valence-corrected chi connectivity index (χ2v) is 4.29. The minimum Gasteiger partial charge on any atom is -0.489 e. The van der Waals surface area contributed by atoms with Gasteiger partial charge in [-0.15, -0.1) is 0 Å². The molecule has 1 aliphatic rings. The number of nitrogens with zero attached hydrogens (tertiary/aromatic N) is 2. The Kier molecular flexibility index (Phi) is 3.83. The third-order valence-electron chi connectivity index (χ3n) is 2.92. The van der Waals surface area contributed by atoms with E-state index in [1.165, 1.54) is 32.7 Å². The first-order chi connectivity index (χ1) is 7.81. The van der Waals surface area contributed by atoms with Crippen LogP contribution < -0.4 is 9.47 Å². The van der Waals surface area contributed by atoms with E-state index in [1.54, 1.807) is 0 Å². The monoisotopic (exact) mass is 242 g/mol. The van der Waals surface area contributed by atoms with E-state index in [2.05, 4.69) is 9.97 Å². The van der Waals surface area contributed by atoms with Crippen molar-refractivity contribution in [2.24, 2.45) is 5.92 Å². The van der Waals surface area contributed by atoms with E-state index in [0.29, 0.717) is 18.2 Å². The van der Waals surface area contributed by atoms with E-state index in [-0.39, 0.29) is 5.15 Å². The molecule has 1 aromatic rings. The molecule has 0 unspecified atom stereocenters. The van der Waals surface area contributed by atoms with Gasteiger partial charge in [0.25, 0.3) is 5.88 Å². The number of halogens is 1. The predicted octanol–water partition coefficient (Wildman–Crippen LogP) is 2.71. The predicted molar refractivity (Wildman–Crippen MR) is 61.0 cm³/mol. The van der Waals surface area contributed by atoms with Crippen LogP contribution in [0.25, 0.3) is 0 Å². The maximum absolute atomic E-state index is 5.85. The number of ether oxygens (including phenoxy) is 2. The maximum Gasteiger partial charge on any atom is 0.261 e. The van der Waals surface area contributed by atoms with Crippen molar-refractivity contribution < 1.29 is 9.47 Å². The maximum atomic E-state index is 5.85. The Labute approximate surface area is 99.9 Å². The molecule has 0 atom stereocenters. The highest BCUT2D eigenvalue weighted by Crippen LogP contribution is 2.32. The van der Waals surface area contributed by atoms with Crippen molar-refractivity contribution in [3.63, 3.8) is 0 Å². The van der Waals surface area contributed by atoms with Gasteiger partial charge >= 0.3 is 0 Å². The van der Waals surface area contributed by atoms with Crippen LogP contribution in [0.2, 0.25) is 5.15 Å². The number of hydrogen-bond acceptors (Lipinski definition) is 4. The van der Waals surface area contributed by atoms with Crippen molar-refractivity contribution in [1.29, 1.82) is 0 Å². The molecule has 0 amide bonds. The van der Waals surface area contributed by atoms with E-state index in [0.717, 1.165) is 12.3 Å². The molecule has 16 heavy (non-hydrogen) atoms. The van der Waals surface area contributed by atoms with Crippen LogP contribution in [0.4, 0.5) is 0 Å². The lowest BCUT2D eigenvalue weighted by molar-refractivity contribution is 0.211. The smallest absolute Gasteiger partial charge is 0.261 e. The molecule has 0 aromatic carbocycles. The zero-order valence-electron chi connectivity index (χ0n) is 9.28. The molecule has 1 aliphatic carbocycles. The van der Waals surface area contributed by atoms with Gasteiger partial charge in [0.15, 0.2) is 5.15 Å². The van der Waals surface area contributed by atoms with Gasteiger partial charge in [-0.3, -0.25) is 0 Å². The Hall–Kier alpha value is -1.03. The summed E-state index contributed by atoms with van der Waals surface area (Å²) in [5, 5.41) is 0.288. The van der Waals surface area contributed by atoms with Crippen LogP contribution in [0.1, 0.15) is 25.7 Å². The highest BCUT2D eigenvalue weighted by atomic mass is 35.5. The largest absolute Gasteiger partial charge is 0.489 e. The summed E-state index contributed by atoms with van der Waals surface area (Å²) in [6.07, 6.45) is 6.46. The first kappa shape index (κ1) is 11.5. The summed E-state index contributed by atoms with van der Waals surface area (Å²) in [4.78, 5) is 7.84. The van der Waals surface area contributed by atoms with Gasteiger partial charge in [-0.1, -0.05) is 30.9 Å². The first-order valence-electron chi connectivity index (χ1n) is 5.48. The second-order valence-electron chi connectivity index (χ2n) is 3.94. The van der Waals surface area contributed by atoms with E-state index < -0.39 is 0 Å². The van der Waals surface area contributed by atoms with Crippen LogP contribution >= 0.6 is 11.6 Å². The Morgan fingerprint density at radius 2 is 2.25 bits per heavy atom. The summed E-state index contributed by atoms with van der Waals surface area (Å²) in [7, 11) is 1.53.